The van der Waals surface area contributed by atoms with Crippen LogP contribution in [0.2, 0.25) is 0 Å². The highest BCUT2D eigenvalue weighted by Gasteiger charge is 2.24. The van der Waals surface area contributed by atoms with Gasteiger partial charge in [0.25, 0.3) is 0 Å². The molecular weight excluding hydrogens is 450 g/mol. The zero-order valence-electron chi connectivity index (χ0n) is 16.2. The summed E-state index contributed by atoms with van der Waals surface area (Å²) >= 11 is 5.14. The molecule has 4 rings (SSSR count). The zero-order chi connectivity index (χ0) is 20.4. The molecular formula is C22H22BrN3O2S. The summed E-state index contributed by atoms with van der Waals surface area (Å²) in [5, 5.41) is 6.18. The lowest BCUT2D eigenvalue weighted by Crippen LogP contribution is -2.52. The van der Waals surface area contributed by atoms with Gasteiger partial charge in [-0.05, 0) is 53.1 Å². The maximum absolute atomic E-state index is 12.8. The van der Waals surface area contributed by atoms with Gasteiger partial charge in [-0.2, -0.15) is 0 Å². The minimum absolute atomic E-state index is 0.122. The number of carbonyl (C=O) groups is 2. The molecule has 0 unspecified atom stereocenters. The maximum atomic E-state index is 12.8. The van der Waals surface area contributed by atoms with E-state index in [1.807, 2.05) is 42.2 Å². The summed E-state index contributed by atoms with van der Waals surface area (Å²) in [6.07, 6.45) is 0.411. The Morgan fingerprint density at radius 1 is 1.07 bits per heavy atom. The molecule has 0 spiro atoms. The van der Waals surface area contributed by atoms with Crippen LogP contribution in [0.3, 0.4) is 0 Å². The van der Waals surface area contributed by atoms with Crippen LogP contribution in [0.15, 0.2) is 52.3 Å². The van der Waals surface area contributed by atoms with Gasteiger partial charge in [-0.1, -0.05) is 34.1 Å². The molecule has 0 saturated carbocycles. The Morgan fingerprint density at radius 3 is 2.55 bits per heavy atom. The average Bonchev–Trinajstić information content (AvgIpc) is 3.14. The molecule has 3 aromatic rings. The van der Waals surface area contributed by atoms with Gasteiger partial charge in [0.15, 0.2) is 0 Å². The van der Waals surface area contributed by atoms with Crippen molar-refractivity contribution in [2.45, 2.75) is 13.3 Å². The number of fused-ring (bicyclic) bond motifs is 1. The van der Waals surface area contributed by atoms with E-state index in [1.54, 1.807) is 16.2 Å². The first-order valence-corrected chi connectivity index (χ1v) is 11.2. The van der Waals surface area contributed by atoms with Crippen LogP contribution in [0.25, 0.3) is 10.1 Å². The van der Waals surface area contributed by atoms with Gasteiger partial charge >= 0.3 is 6.03 Å². The molecule has 0 atom stereocenters. The molecule has 1 fully saturated rings. The largest absolute Gasteiger partial charge is 0.339 e. The first kappa shape index (κ1) is 19.9. The predicted octanol–water partition coefficient (Wildman–Crippen LogP) is 4.89. The average molecular weight is 472 g/mol. The number of benzene rings is 2. The van der Waals surface area contributed by atoms with Crippen LogP contribution >= 0.6 is 27.3 Å². The standard InChI is InChI=1S/C22H22BrN3O2S/c1-15-12-17(6-7-19(15)23)24-22(28)26-10-8-25(9-11-26)21(27)13-16-14-29-20-5-3-2-4-18(16)20/h2-7,12,14H,8-11,13H2,1H3,(H,24,28). The van der Waals surface area contributed by atoms with Gasteiger partial charge in [0.2, 0.25) is 5.91 Å². The third kappa shape index (κ3) is 4.46. The number of rotatable bonds is 3. The normalized spacial score (nSPS) is 14.3. The summed E-state index contributed by atoms with van der Waals surface area (Å²) in [5.41, 5.74) is 2.93. The third-order valence-corrected chi connectivity index (χ3v) is 7.13. The maximum Gasteiger partial charge on any atom is 0.321 e. The molecule has 1 N–H and O–H groups in total. The number of hydrogen-bond acceptors (Lipinski definition) is 3. The zero-order valence-corrected chi connectivity index (χ0v) is 18.6. The van der Waals surface area contributed by atoms with E-state index in [1.165, 1.54) is 4.70 Å². The van der Waals surface area contributed by atoms with E-state index in [9.17, 15) is 9.59 Å². The lowest BCUT2D eigenvalue weighted by atomic mass is 10.1. The number of urea groups is 1. The van der Waals surface area contributed by atoms with Gasteiger partial charge in [0.1, 0.15) is 0 Å². The smallest absolute Gasteiger partial charge is 0.321 e. The number of halogens is 1. The van der Waals surface area contributed by atoms with Gasteiger partial charge in [-0.25, -0.2) is 4.79 Å². The van der Waals surface area contributed by atoms with E-state index in [2.05, 4.69) is 38.8 Å². The van der Waals surface area contributed by atoms with Gasteiger partial charge in [0, 0.05) is 41.0 Å². The first-order valence-electron chi connectivity index (χ1n) is 9.56. The number of aryl methyl sites for hydroxylation is 1. The Bertz CT molecular complexity index is 1060. The SMILES string of the molecule is Cc1cc(NC(=O)N2CCN(C(=O)Cc3csc4ccccc34)CC2)ccc1Br. The Kier molecular flexibility index (Phi) is 5.87. The summed E-state index contributed by atoms with van der Waals surface area (Å²) < 4.78 is 2.22. The fourth-order valence-corrected chi connectivity index (χ4v) is 4.74. The number of anilines is 1. The number of nitrogens with one attached hydrogen (secondary N) is 1. The molecule has 1 aliphatic heterocycles. The highest BCUT2D eigenvalue weighted by Crippen LogP contribution is 2.26. The van der Waals surface area contributed by atoms with E-state index >= 15 is 0 Å². The summed E-state index contributed by atoms with van der Waals surface area (Å²) in [4.78, 5) is 28.9. The lowest BCUT2D eigenvalue weighted by molar-refractivity contribution is -0.131. The third-order valence-electron chi connectivity index (χ3n) is 5.23. The van der Waals surface area contributed by atoms with E-state index in [0.29, 0.717) is 32.6 Å². The van der Waals surface area contributed by atoms with E-state index < -0.39 is 0 Å². The second-order valence-corrected chi connectivity index (χ2v) is 8.96. The first-order chi connectivity index (χ1) is 14.0. The number of piperazine rings is 1. The van der Waals surface area contributed by atoms with E-state index in [0.717, 1.165) is 26.7 Å². The van der Waals surface area contributed by atoms with Gasteiger partial charge < -0.3 is 15.1 Å². The second-order valence-electron chi connectivity index (χ2n) is 7.20. The minimum atomic E-state index is -0.123. The topological polar surface area (TPSA) is 52.7 Å². The van der Waals surface area contributed by atoms with Gasteiger partial charge in [-0.15, -0.1) is 11.3 Å². The Balaban J connectivity index is 1.32. The van der Waals surface area contributed by atoms with Crippen molar-refractivity contribution in [1.29, 1.82) is 0 Å². The van der Waals surface area contributed by atoms with E-state index in [4.69, 9.17) is 0 Å². The lowest BCUT2D eigenvalue weighted by Gasteiger charge is -2.34. The number of amides is 3. The Hall–Kier alpha value is -2.38. The van der Waals surface area contributed by atoms with Crippen LogP contribution in [0, 0.1) is 6.92 Å². The molecule has 29 heavy (non-hydrogen) atoms. The molecule has 0 bridgehead atoms. The molecule has 150 valence electrons. The van der Waals surface area contributed by atoms with Crippen LogP contribution in [-0.4, -0.2) is 47.9 Å². The molecule has 1 aliphatic rings. The Labute approximate surface area is 182 Å². The molecule has 1 saturated heterocycles. The summed E-state index contributed by atoms with van der Waals surface area (Å²) in [7, 11) is 0. The number of carbonyl (C=O) groups excluding carboxylic acids is 2. The van der Waals surface area contributed by atoms with Crippen molar-refractivity contribution in [3.8, 4) is 0 Å². The quantitative estimate of drug-likeness (QED) is 0.590. The van der Waals surface area contributed by atoms with Crippen LogP contribution < -0.4 is 5.32 Å². The summed E-state index contributed by atoms with van der Waals surface area (Å²) in [6, 6.07) is 13.8. The van der Waals surface area contributed by atoms with Crippen LogP contribution in [0.5, 0.6) is 0 Å². The van der Waals surface area contributed by atoms with Crippen LogP contribution in [-0.2, 0) is 11.2 Å². The van der Waals surface area contributed by atoms with Crippen molar-refractivity contribution in [3.05, 3.63) is 63.4 Å². The van der Waals surface area contributed by atoms with Gasteiger partial charge in [0.05, 0.1) is 6.42 Å². The number of hydrogen-bond donors (Lipinski definition) is 1. The van der Waals surface area contributed by atoms with Gasteiger partial charge in [-0.3, -0.25) is 4.79 Å². The van der Waals surface area contributed by atoms with Crippen LogP contribution in [0.1, 0.15) is 11.1 Å². The molecule has 2 aromatic carbocycles. The van der Waals surface area contributed by atoms with Crippen molar-refractivity contribution in [2.24, 2.45) is 0 Å². The second kappa shape index (κ2) is 8.55. The molecule has 1 aromatic heterocycles. The number of thiophene rings is 1. The van der Waals surface area contributed by atoms with Crippen molar-refractivity contribution in [2.75, 3.05) is 31.5 Å². The van der Waals surface area contributed by atoms with Crippen molar-refractivity contribution >= 4 is 55.0 Å². The fraction of sp³-hybridized carbons (Fsp3) is 0.273. The molecule has 3 amide bonds. The highest BCUT2D eigenvalue weighted by molar-refractivity contribution is 9.10. The molecule has 2 heterocycles. The molecule has 5 nitrogen and oxygen atoms in total. The predicted molar refractivity (Wildman–Crippen MR) is 122 cm³/mol. The van der Waals surface area contributed by atoms with Crippen molar-refractivity contribution < 1.29 is 9.59 Å². The summed E-state index contributed by atoms with van der Waals surface area (Å²) in [5.74, 6) is 0.122. The molecule has 0 aliphatic carbocycles. The highest BCUT2D eigenvalue weighted by atomic mass is 79.9. The minimum Gasteiger partial charge on any atom is -0.339 e. The summed E-state index contributed by atoms with van der Waals surface area (Å²) in [6.45, 7) is 4.19. The van der Waals surface area contributed by atoms with Crippen molar-refractivity contribution in [3.63, 3.8) is 0 Å². The number of nitrogens with zero attached hydrogens (tertiary/aromatic N) is 2. The van der Waals surface area contributed by atoms with Crippen LogP contribution in [0.4, 0.5) is 10.5 Å². The fourth-order valence-electron chi connectivity index (χ4n) is 3.53. The molecule has 7 heteroatoms. The Morgan fingerprint density at radius 2 is 1.79 bits per heavy atom. The van der Waals surface area contributed by atoms with Crippen molar-refractivity contribution in [1.82, 2.24) is 9.80 Å². The van der Waals surface area contributed by atoms with E-state index in [-0.39, 0.29) is 11.9 Å². The molecule has 0 radical (unpaired) electrons. The monoisotopic (exact) mass is 471 g/mol.